The van der Waals surface area contributed by atoms with E-state index in [1.807, 2.05) is 35.0 Å². The molecule has 1 aliphatic rings. The van der Waals surface area contributed by atoms with Crippen LogP contribution in [0.3, 0.4) is 0 Å². The fourth-order valence-electron chi connectivity index (χ4n) is 3.14. The average molecular weight is 361 g/mol. The van der Waals surface area contributed by atoms with Crippen molar-refractivity contribution in [2.24, 2.45) is 5.92 Å². The molecule has 138 valence electrons. The third-order valence-corrected chi connectivity index (χ3v) is 4.94. The first-order chi connectivity index (χ1) is 13.2. The molecule has 1 saturated carbocycles. The lowest BCUT2D eigenvalue weighted by atomic mass is 10.1. The molecule has 5 heteroatoms. The number of furan rings is 1. The van der Waals surface area contributed by atoms with Gasteiger partial charge in [-0.25, -0.2) is 4.98 Å². The monoisotopic (exact) mass is 361 g/mol. The summed E-state index contributed by atoms with van der Waals surface area (Å²) in [5, 5.41) is 2.90. The summed E-state index contributed by atoms with van der Waals surface area (Å²) in [6.45, 7) is 3.51. The van der Waals surface area contributed by atoms with Gasteiger partial charge in [0.25, 0.3) is 0 Å². The fourth-order valence-corrected chi connectivity index (χ4v) is 3.14. The van der Waals surface area contributed by atoms with E-state index in [1.54, 1.807) is 18.6 Å². The Kier molecular flexibility index (Phi) is 4.92. The first-order valence-electron chi connectivity index (χ1n) is 9.26. The number of nitrogens with zero attached hydrogens (tertiary/aromatic N) is 2. The molecule has 2 atom stereocenters. The number of imidazole rings is 1. The van der Waals surface area contributed by atoms with Crippen LogP contribution < -0.4 is 5.32 Å². The van der Waals surface area contributed by atoms with Crippen molar-refractivity contribution in [3.05, 3.63) is 83.8 Å². The first kappa shape index (κ1) is 17.3. The maximum absolute atomic E-state index is 12.0. The van der Waals surface area contributed by atoms with E-state index in [1.165, 1.54) is 18.1 Å². The molecule has 0 saturated heterocycles. The molecule has 5 nitrogen and oxygen atoms in total. The number of aromatic nitrogens is 2. The van der Waals surface area contributed by atoms with Crippen LogP contribution in [0.15, 0.2) is 65.6 Å². The molecule has 0 radical (unpaired) electrons. The minimum absolute atomic E-state index is 0.129. The molecule has 27 heavy (non-hydrogen) atoms. The Hall–Kier alpha value is -3.08. The molecule has 4 rings (SSSR count). The van der Waals surface area contributed by atoms with Crippen molar-refractivity contribution in [1.29, 1.82) is 0 Å². The number of benzene rings is 1. The van der Waals surface area contributed by atoms with Crippen molar-refractivity contribution < 1.29 is 9.21 Å². The maximum Gasteiger partial charge on any atom is 0.244 e. The lowest BCUT2D eigenvalue weighted by Crippen LogP contribution is -2.20. The predicted octanol–water partition coefficient (Wildman–Crippen LogP) is 3.98. The molecule has 2 heterocycles. The number of carbonyl (C=O) groups excluding carboxylic acids is 1. The van der Waals surface area contributed by atoms with Crippen LogP contribution in [0.1, 0.15) is 41.9 Å². The summed E-state index contributed by atoms with van der Waals surface area (Å²) in [6.07, 6.45) is 9.94. The smallest absolute Gasteiger partial charge is 0.244 e. The van der Waals surface area contributed by atoms with Crippen molar-refractivity contribution in [3.63, 3.8) is 0 Å². The van der Waals surface area contributed by atoms with Gasteiger partial charge in [-0.05, 0) is 41.7 Å². The van der Waals surface area contributed by atoms with E-state index in [2.05, 4.69) is 29.4 Å². The second-order valence-electron chi connectivity index (χ2n) is 7.16. The second kappa shape index (κ2) is 7.66. The Balaban J connectivity index is 1.25. The van der Waals surface area contributed by atoms with Crippen molar-refractivity contribution in [1.82, 2.24) is 14.9 Å². The molecule has 1 amide bonds. The van der Waals surface area contributed by atoms with Gasteiger partial charge in [0.15, 0.2) is 0 Å². The van der Waals surface area contributed by atoms with E-state index in [-0.39, 0.29) is 5.91 Å². The van der Waals surface area contributed by atoms with Crippen molar-refractivity contribution >= 4 is 12.0 Å². The zero-order valence-corrected chi connectivity index (χ0v) is 15.3. The zero-order chi connectivity index (χ0) is 18.6. The Morgan fingerprint density at radius 3 is 2.74 bits per heavy atom. The lowest BCUT2D eigenvalue weighted by Gasteiger charge is -2.06. The van der Waals surface area contributed by atoms with E-state index >= 15 is 0 Å². The molecule has 1 N–H and O–H groups in total. The molecule has 2 unspecified atom stereocenters. The molecular weight excluding hydrogens is 338 g/mol. The van der Waals surface area contributed by atoms with Crippen molar-refractivity contribution in [3.8, 4) is 0 Å². The van der Waals surface area contributed by atoms with Gasteiger partial charge in [0.05, 0.1) is 6.33 Å². The Bertz CT molecular complexity index is 923. The van der Waals surface area contributed by atoms with Gasteiger partial charge in [0, 0.05) is 37.5 Å². The minimum Gasteiger partial charge on any atom is -0.461 e. The largest absolute Gasteiger partial charge is 0.461 e. The zero-order valence-electron chi connectivity index (χ0n) is 15.3. The summed E-state index contributed by atoms with van der Waals surface area (Å²) in [4.78, 5) is 16.1. The molecule has 1 aromatic carbocycles. The van der Waals surface area contributed by atoms with Crippen molar-refractivity contribution in [2.45, 2.75) is 32.4 Å². The number of hydrogen-bond acceptors (Lipinski definition) is 3. The average Bonchev–Trinajstić information content (AvgIpc) is 3.07. The third kappa shape index (κ3) is 4.56. The number of carbonyl (C=O) groups is 1. The third-order valence-electron chi connectivity index (χ3n) is 4.94. The summed E-state index contributed by atoms with van der Waals surface area (Å²) in [5.74, 6) is 2.89. The van der Waals surface area contributed by atoms with Crippen LogP contribution in [0.5, 0.6) is 0 Å². The fraction of sp³-hybridized carbons (Fsp3) is 0.273. The molecule has 2 aromatic heterocycles. The molecule has 0 spiro atoms. The van der Waals surface area contributed by atoms with E-state index in [0.29, 0.717) is 18.4 Å². The Morgan fingerprint density at radius 1 is 1.26 bits per heavy atom. The van der Waals surface area contributed by atoms with E-state index < -0.39 is 0 Å². The highest BCUT2D eigenvalue weighted by molar-refractivity contribution is 5.91. The van der Waals surface area contributed by atoms with Crippen LogP contribution in [-0.2, 0) is 17.9 Å². The number of hydrogen-bond donors (Lipinski definition) is 1. The highest BCUT2D eigenvalue weighted by Gasteiger charge is 2.36. The molecule has 1 fully saturated rings. The topological polar surface area (TPSA) is 60.1 Å². The predicted molar refractivity (Wildman–Crippen MR) is 104 cm³/mol. The van der Waals surface area contributed by atoms with Gasteiger partial charge < -0.3 is 14.3 Å². The Labute approximate surface area is 158 Å². The van der Waals surface area contributed by atoms with E-state index in [4.69, 9.17) is 4.42 Å². The summed E-state index contributed by atoms with van der Waals surface area (Å²) >= 11 is 0. The maximum atomic E-state index is 12.0. The minimum atomic E-state index is -0.129. The quantitative estimate of drug-likeness (QED) is 0.648. The SMILES string of the molecule is CC1CC1c1ccc(/C=C/C(=O)NCc2ccc(Cn3ccnc3)cc2)o1. The molecule has 1 aliphatic carbocycles. The van der Waals surface area contributed by atoms with Crippen molar-refractivity contribution in [2.75, 3.05) is 0 Å². The van der Waals surface area contributed by atoms with Gasteiger partial charge in [-0.2, -0.15) is 0 Å². The first-order valence-corrected chi connectivity index (χ1v) is 9.26. The highest BCUT2D eigenvalue weighted by atomic mass is 16.3. The number of nitrogens with one attached hydrogen (secondary N) is 1. The summed E-state index contributed by atoms with van der Waals surface area (Å²) in [7, 11) is 0. The van der Waals surface area contributed by atoms with Crippen LogP contribution in [0.25, 0.3) is 6.08 Å². The molecule has 0 aliphatic heterocycles. The van der Waals surface area contributed by atoms with Crippen LogP contribution in [0.4, 0.5) is 0 Å². The van der Waals surface area contributed by atoms with Gasteiger partial charge in [0.2, 0.25) is 5.91 Å². The summed E-state index contributed by atoms with van der Waals surface area (Å²) in [6, 6.07) is 12.1. The van der Waals surface area contributed by atoms with E-state index in [0.717, 1.165) is 23.6 Å². The van der Waals surface area contributed by atoms with Gasteiger partial charge >= 0.3 is 0 Å². The molecular formula is C22H23N3O2. The van der Waals surface area contributed by atoms with Crippen LogP contribution in [0, 0.1) is 5.92 Å². The second-order valence-corrected chi connectivity index (χ2v) is 7.16. The highest BCUT2D eigenvalue weighted by Crippen LogP contribution is 2.47. The number of rotatable bonds is 7. The van der Waals surface area contributed by atoms with Crippen LogP contribution >= 0.6 is 0 Å². The van der Waals surface area contributed by atoms with Gasteiger partial charge in [-0.15, -0.1) is 0 Å². The van der Waals surface area contributed by atoms with Gasteiger partial charge in [-0.3, -0.25) is 4.79 Å². The van der Waals surface area contributed by atoms with Crippen LogP contribution in [0.2, 0.25) is 0 Å². The summed E-state index contributed by atoms with van der Waals surface area (Å²) in [5.41, 5.74) is 2.26. The standard InChI is InChI=1S/C22H23N3O2/c1-16-12-20(16)21-8-6-19(27-21)7-9-22(26)24-13-17-2-4-18(5-3-17)14-25-11-10-23-15-25/h2-11,15-16,20H,12-14H2,1H3,(H,24,26)/b9-7+. The lowest BCUT2D eigenvalue weighted by molar-refractivity contribution is -0.116. The normalized spacial score (nSPS) is 18.7. The Morgan fingerprint density at radius 2 is 2.04 bits per heavy atom. The van der Waals surface area contributed by atoms with Gasteiger partial charge in [0.1, 0.15) is 11.5 Å². The molecule has 0 bridgehead atoms. The van der Waals surface area contributed by atoms with E-state index in [9.17, 15) is 4.79 Å². The summed E-state index contributed by atoms with van der Waals surface area (Å²) < 4.78 is 7.79. The van der Waals surface area contributed by atoms with Crippen LogP contribution in [-0.4, -0.2) is 15.5 Å². The van der Waals surface area contributed by atoms with Gasteiger partial charge in [-0.1, -0.05) is 31.2 Å². The number of amides is 1. The molecule has 3 aromatic rings.